The van der Waals surface area contributed by atoms with Crippen LogP contribution in [0.15, 0.2) is 133 Å². The molecule has 1 saturated carbocycles. The fraction of sp³-hybridized carbons (Fsp3) is 0.161. The Balaban J connectivity index is 1.52. The van der Waals surface area contributed by atoms with Gasteiger partial charge in [0.25, 0.3) is 0 Å². The third kappa shape index (κ3) is 4.01. The standard InChI is InChI=1S/C31H28P2/c1-5-13-26(14-6-1)32(27-15-7-2-8-16-27)30-24-21-22-25(23-24)31(30)33(28-17-9-3-10-18-28)29-19-11-4-12-20-29/h1-22,24-25,30-31H,23H2/t24-,25?,30+,31?/m0/s1. The van der Waals surface area contributed by atoms with E-state index < -0.39 is 15.8 Å². The molecule has 0 heterocycles. The number of hydrogen-bond acceptors (Lipinski definition) is 0. The third-order valence-electron chi connectivity index (χ3n) is 7.11. The fourth-order valence-corrected chi connectivity index (χ4v) is 12.8. The second kappa shape index (κ2) is 9.38. The molecule has 0 amide bonds. The van der Waals surface area contributed by atoms with Gasteiger partial charge in [-0.15, -0.1) is 0 Å². The van der Waals surface area contributed by atoms with Crippen molar-refractivity contribution in [1.82, 2.24) is 0 Å². The van der Waals surface area contributed by atoms with Gasteiger partial charge in [-0.1, -0.05) is 133 Å². The smallest absolute Gasteiger partial charge is 0.00137 e. The van der Waals surface area contributed by atoms with Crippen molar-refractivity contribution in [3.05, 3.63) is 133 Å². The van der Waals surface area contributed by atoms with Gasteiger partial charge in [0.15, 0.2) is 0 Å². The zero-order valence-electron chi connectivity index (χ0n) is 18.6. The molecule has 4 aromatic carbocycles. The molecule has 0 spiro atoms. The summed E-state index contributed by atoms with van der Waals surface area (Å²) in [6.45, 7) is 0. The Morgan fingerprint density at radius 1 is 0.394 bits per heavy atom. The van der Waals surface area contributed by atoms with E-state index in [4.69, 9.17) is 0 Å². The van der Waals surface area contributed by atoms with Crippen LogP contribution < -0.4 is 21.2 Å². The molecular weight excluding hydrogens is 434 g/mol. The van der Waals surface area contributed by atoms with E-state index >= 15 is 0 Å². The molecule has 2 bridgehead atoms. The van der Waals surface area contributed by atoms with Gasteiger partial charge < -0.3 is 0 Å². The molecule has 0 aromatic heterocycles. The number of hydrogen-bond donors (Lipinski definition) is 0. The summed E-state index contributed by atoms with van der Waals surface area (Å²) in [5.41, 5.74) is 1.32. The van der Waals surface area contributed by atoms with Gasteiger partial charge in [0.2, 0.25) is 0 Å². The fourth-order valence-electron chi connectivity index (χ4n) is 5.80. The molecule has 2 aliphatic carbocycles. The van der Waals surface area contributed by atoms with Crippen molar-refractivity contribution in [2.24, 2.45) is 11.8 Å². The van der Waals surface area contributed by atoms with Crippen molar-refractivity contribution in [2.45, 2.75) is 17.7 Å². The Labute approximate surface area is 199 Å². The predicted octanol–water partition coefficient (Wildman–Crippen LogP) is 6.20. The molecule has 2 aliphatic rings. The second-order valence-electron chi connectivity index (χ2n) is 9.01. The Morgan fingerprint density at radius 2 is 0.667 bits per heavy atom. The zero-order valence-corrected chi connectivity index (χ0v) is 20.4. The minimum atomic E-state index is -0.454. The van der Waals surface area contributed by atoms with Gasteiger partial charge in [0.1, 0.15) is 0 Å². The van der Waals surface area contributed by atoms with Crippen LogP contribution >= 0.6 is 15.8 Å². The van der Waals surface area contributed by atoms with Gasteiger partial charge in [0, 0.05) is 11.3 Å². The molecule has 4 aromatic rings. The summed E-state index contributed by atoms with van der Waals surface area (Å²) in [7, 11) is -0.909. The number of allylic oxidation sites excluding steroid dienone is 2. The van der Waals surface area contributed by atoms with Gasteiger partial charge in [0.05, 0.1) is 0 Å². The monoisotopic (exact) mass is 462 g/mol. The van der Waals surface area contributed by atoms with Crippen molar-refractivity contribution >= 4 is 37.1 Å². The Hall–Kier alpha value is -2.52. The minimum absolute atomic E-state index is 0.454. The maximum absolute atomic E-state index is 2.55. The molecule has 0 aliphatic heterocycles. The van der Waals surface area contributed by atoms with E-state index in [1.165, 1.54) is 27.6 Å². The molecule has 0 nitrogen and oxygen atoms in total. The number of rotatable bonds is 6. The summed E-state index contributed by atoms with van der Waals surface area (Å²) in [4.78, 5) is 0. The first-order chi connectivity index (χ1) is 16.4. The summed E-state index contributed by atoms with van der Waals surface area (Å²) in [6.07, 6.45) is 6.42. The summed E-state index contributed by atoms with van der Waals surface area (Å²) in [5, 5.41) is 6.08. The molecule has 162 valence electrons. The van der Waals surface area contributed by atoms with Crippen LogP contribution in [0.3, 0.4) is 0 Å². The topological polar surface area (TPSA) is 0 Å². The summed E-state index contributed by atoms with van der Waals surface area (Å²) < 4.78 is 0. The predicted molar refractivity (Wildman–Crippen MR) is 146 cm³/mol. The van der Waals surface area contributed by atoms with Crippen LogP contribution in [0.5, 0.6) is 0 Å². The van der Waals surface area contributed by atoms with Crippen molar-refractivity contribution in [3.63, 3.8) is 0 Å². The Morgan fingerprint density at radius 3 is 0.939 bits per heavy atom. The first-order valence-corrected chi connectivity index (χ1v) is 14.7. The maximum Gasteiger partial charge on any atom is 0.00137 e. The third-order valence-corrected chi connectivity index (χ3v) is 13.4. The Kier molecular flexibility index (Phi) is 5.98. The van der Waals surface area contributed by atoms with Crippen LogP contribution in [0.2, 0.25) is 0 Å². The van der Waals surface area contributed by atoms with Gasteiger partial charge in [-0.2, -0.15) is 0 Å². The van der Waals surface area contributed by atoms with Crippen molar-refractivity contribution < 1.29 is 0 Å². The lowest BCUT2D eigenvalue weighted by atomic mass is 10.1. The van der Waals surface area contributed by atoms with Crippen LogP contribution in [0, 0.1) is 11.8 Å². The van der Waals surface area contributed by atoms with Crippen molar-refractivity contribution in [2.75, 3.05) is 0 Å². The maximum atomic E-state index is 2.55. The van der Waals surface area contributed by atoms with E-state index in [1.54, 1.807) is 0 Å². The first-order valence-electron chi connectivity index (χ1n) is 11.9. The van der Waals surface area contributed by atoms with Crippen molar-refractivity contribution in [1.29, 1.82) is 0 Å². The molecule has 1 fully saturated rings. The van der Waals surface area contributed by atoms with E-state index in [9.17, 15) is 0 Å². The van der Waals surface area contributed by atoms with Gasteiger partial charge in [-0.3, -0.25) is 0 Å². The second-order valence-corrected chi connectivity index (χ2v) is 13.7. The highest BCUT2D eigenvalue weighted by atomic mass is 31.1. The van der Waals surface area contributed by atoms with E-state index in [0.29, 0.717) is 23.2 Å². The quantitative estimate of drug-likeness (QED) is 0.237. The van der Waals surface area contributed by atoms with E-state index in [-0.39, 0.29) is 0 Å². The van der Waals surface area contributed by atoms with E-state index in [1.807, 2.05) is 0 Å². The molecule has 6 rings (SSSR count). The number of benzene rings is 4. The van der Waals surface area contributed by atoms with Gasteiger partial charge in [-0.05, 0) is 55.3 Å². The summed E-state index contributed by atoms with van der Waals surface area (Å²) in [5.74, 6) is 1.34. The van der Waals surface area contributed by atoms with Crippen LogP contribution in [-0.4, -0.2) is 11.3 Å². The highest BCUT2D eigenvalue weighted by molar-refractivity contribution is 7.77. The zero-order chi connectivity index (χ0) is 22.0. The van der Waals surface area contributed by atoms with Crippen LogP contribution in [0.4, 0.5) is 0 Å². The molecule has 0 N–H and O–H groups in total. The Bertz CT molecular complexity index is 1030. The van der Waals surface area contributed by atoms with Crippen LogP contribution in [0.25, 0.3) is 0 Å². The summed E-state index contributed by atoms with van der Waals surface area (Å²) >= 11 is 0. The SMILES string of the molecule is C1=C[C@H]2CC1C(P(c1ccccc1)c1ccccc1)[C@@H]2P(c1ccccc1)c1ccccc1. The van der Waals surface area contributed by atoms with Gasteiger partial charge in [-0.25, -0.2) is 0 Å². The molecule has 0 radical (unpaired) electrons. The average molecular weight is 463 g/mol. The largest absolute Gasteiger partial charge is 0.0844 e. The summed E-state index contributed by atoms with van der Waals surface area (Å²) in [6, 6.07) is 45.4. The number of fused-ring (bicyclic) bond motifs is 2. The minimum Gasteiger partial charge on any atom is -0.0844 e. The van der Waals surface area contributed by atoms with Crippen LogP contribution in [-0.2, 0) is 0 Å². The van der Waals surface area contributed by atoms with Crippen molar-refractivity contribution in [3.8, 4) is 0 Å². The highest BCUT2D eigenvalue weighted by Gasteiger charge is 2.51. The van der Waals surface area contributed by atoms with Crippen LogP contribution in [0.1, 0.15) is 6.42 Å². The lowest BCUT2D eigenvalue weighted by molar-refractivity contribution is 0.695. The molecule has 33 heavy (non-hydrogen) atoms. The lowest BCUT2D eigenvalue weighted by Crippen LogP contribution is -2.37. The molecule has 4 atom stereocenters. The molecule has 0 saturated heterocycles. The van der Waals surface area contributed by atoms with E-state index in [0.717, 1.165) is 0 Å². The molecule has 2 heteroatoms. The highest BCUT2D eigenvalue weighted by Crippen LogP contribution is 2.64. The van der Waals surface area contributed by atoms with E-state index in [2.05, 4.69) is 133 Å². The molecule has 2 unspecified atom stereocenters. The first kappa shape index (κ1) is 21.0. The molecular formula is C31H28P2. The average Bonchev–Trinajstić information content (AvgIpc) is 3.50. The normalized spacial score (nSPS) is 23.5. The lowest BCUT2D eigenvalue weighted by Gasteiger charge is -2.40. The van der Waals surface area contributed by atoms with Gasteiger partial charge >= 0.3 is 0 Å².